The van der Waals surface area contributed by atoms with Gasteiger partial charge in [-0.15, -0.1) is 0 Å². The third-order valence-electron chi connectivity index (χ3n) is 3.15. The quantitative estimate of drug-likeness (QED) is 0.859. The van der Waals surface area contributed by atoms with E-state index >= 15 is 0 Å². The van der Waals surface area contributed by atoms with E-state index in [1.54, 1.807) is 13.0 Å². The van der Waals surface area contributed by atoms with Gasteiger partial charge in [0.15, 0.2) is 5.82 Å². The number of amides is 2. The molecule has 6 nitrogen and oxygen atoms in total. The number of hydrogen-bond donors (Lipinski definition) is 2. The van der Waals surface area contributed by atoms with Crippen LogP contribution in [0.3, 0.4) is 0 Å². The van der Waals surface area contributed by atoms with Crippen molar-refractivity contribution in [1.29, 1.82) is 0 Å². The second-order valence-corrected chi connectivity index (χ2v) is 4.93. The molecule has 116 valence electrons. The maximum Gasteiger partial charge on any atom is 0.226 e. The van der Waals surface area contributed by atoms with Gasteiger partial charge in [0.25, 0.3) is 0 Å². The Balaban J connectivity index is 1.81. The molecule has 22 heavy (non-hydrogen) atoms. The molecule has 1 heterocycles. The third kappa shape index (κ3) is 4.44. The Morgan fingerprint density at radius 1 is 1.14 bits per heavy atom. The van der Waals surface area contributed by atoms with Gasteiger partial charge in [0, 0.05) is 24.6 Å². The zero-order valence-corrected chi connectivity index (χ0v) is 12.7. The number of rotatable bonds is 6. The van der Waals surface area contributed by atoms with Crippen LogP contribution in [0.25, 0.3) is 0 Å². The maximum atomic E-state index is 11.9. The van der Waals surface area contributed by atoms with Crippen molar-refractivity contribution < 1.29 is 14.1 Å². The van der Waals surface area contributed by atoms with E-state index in [-0.39, 0.29) is 24.7 Å². The van der Waals surface area contributed by atoms with Crippen LogP contribution in [0.15, 0.2) is 34.9 Å². The molecule has 2 rings (SSSR count). The highest BCUT2D eigenvalue weighted by Crippen LogP contribution is 2.16. The molecule has 0 radical (unpaired) electrons. The Hall–Kier alpha value is -2.63. The number of aromatic nitrogens is 1. The lowest BCUT2D eigenvalue weighted by Crippen LogP contribution is -2.18. The summed E-state index contributed by atoms with van der Waals surface area (Å²) in [5.74, 6) is 0.517. The molecule has 0 saturated heterocycles. The van der Waals surface area contributed by atoms with Crippen LogP contribution in [0, 0.1) is 6.92 Å². The number of carbonyl (C=O) groups is 2. The highest BCUT2D eigenvalue weighted by atomic mass is 16.5. The fourth-order valence-electron chi connectivity index (χ4n) is 2.02. The Labute approximate surface area is 128 Å². The van der Waals surface area contributed by atoms with Crippen LogP contribution in [0.1, 0.15) is 31.1 Å². The zero-order valence-electron chi connectivity index (χ0n) is 12.7. The SMILES string of the molecule is CCc1ccccc1NC(=O)CCC(=O)Nc1cc(C)on1. The van der Waals surface area contributed by atoms with Gasteiger partial charge in [-0.05, 0) is 25.0 Å². The lowest BCUT2D eigenvalue weighted by atomic mass is 10.1. The summed E-state index contributed by atoms with van der Waals surface area (Å²) in [6.45, 7) is 3.76. The van der Waals surface area contributed by atoms with Gasteiger partial charge in [0.2, 0.25) is 11.8 Å². The molecule has 0 bridgehead atoms. The molecule has 0 fully saturated rings. The number of aryl methyl sites for hydroxylation is 2. The van der Waals surface area contributed by atoms with E-state index < -0.39 is 0 Å². The van der Waals surface area contributed by atoms with E-state index in [1.807, 2.05) is 31.2 Å². The molecule has 0 atom stereocenters. The van der Waals surface area contributed by atoms with Crippen molar-refractivity contribution >= 4 is 23.3 Å². The Bertz CT molecular complexity index is 664. The molecule has 0 spiro atoms. The summed E-state index contributed by atoms with van der Waals surface area (Å²) >= 11 is 0. The lowest BCUT2D eigenvalue weighted by Gasteiger charge is -2.09. The molecule has 1 aromatic heterocycles. The van der Waals surface area contributed by atoms with Crippen LogP contribution < -0.4 is 10.6 Å². The lowest BCUT2D eigenvalue weighted by molar-refractivity contribution is -0.121. The monoisotopic (exact) mass is 301 g/mol. The van der Waals surface area contributed by atoms with E-state index in [0.29, 0.717) is 11.6 Å². The number of hydrogen-bond acceptors (Lipinski definition) is 4. The summed E-state index contributed by atoms with van der Waals surface area (Å²) in [5.41, 5.74) is 1.86. The largest absolute Gasteiger partial charge is 0.360 e. The van der Waals surface area contributed by atoms with Gasteiger partial charge in [-0.25, -0.2) is 0 Å². The average molecular weight is 301 g/mol. The van der Waals surface area contributed by atoms with Crippen molar-refractivity contribution in [2.75, 3.05) is 10.6 Å². The third-order valence-corrected chi connectivity index (χ3v) is 3.15. The summed E-state index contributed by atoms with van der Waals surface area (Å²) in [5, 5.41) is 9.08. The molecule has 0 aliphatic carbocycles. The molecule has 6 heteroatoms. The minimum atomic E-state index is -0.271. The molecule has 0 unspecified atom stereocenters. The first-order valence-corrected chi connectivity index (χ1v) is 7.19. The molecule has 2 aromatic rings. The highest BCUT2D eigenvalue weighted by Gasteiger charge is 2.10. The van der Waals surface area contributed by atoms with E-state index in [2.05, 4.69) is 15.8 Å². The van der Waals surface area contributed by atoms with E-state index in [4.69, 9.17) is 4.52 Å². The predicted molar refractivity (Wildman–Crippen MR) is 83.6 cm³/mol. The van der Waals surface area contributed by atoms with Crippen LogP contribution in [0.5, 0.6) is 0 Å². The van der Waals surface area contributed by atoms with Crippen molar-refractivity contribution in [1.82, 2.24) is 5.16 Å². The normalized spacial score (nSPS) is 10.3. The van der Waals surface area contributed by atoms with E-state index in [9.17, 15) is 9.59 Å². The molecule has 1 aromatic carbocycles. The van der Waals surface area contributed by atoms with Gasteiger partial charge in [-0.3, -0.25) is 9.59 Å². The first-order valence-electron chi connectivity index (χ1n) is 7.19. The summed E-state index contributed by atoms with van der Waals surface area (Å²) in [6, 6.07) is 9.25. The van der Waals surface area contributed by atoms with Crippen LogP contribution in [-0.4, -0.2) is 17.0 Å². The van der Waals surface area contributed by atoms with Crippen LogP contribution in [0.2, 0.25) is 0 Å². The van der Waals surface area contributed by atoms with Gasteiger partial charge < -0.3 is 15.2 Å². The van der Waals surface area contributed by atoms with Crippen LogP contribution in [0.4, 0.5) is 11.5 Å². The van der Waals surface area contributed by atoms with Crippen molar-refractivity contribution in [2.24, 2.45) is 0 Å². The maximum absolute atomic E-state index is 11.9. The van der Waals surface area contributed by atoms with Crippen LogP contribution >= 0.6 is 0 Å². The predicted octanol–water partition coefficient (Wildman–Crippen LogP) is 2.90. The number of nitrogens with zero attached hydrogens (tertiary/aromatic N) is 1. The number of para-hydroxylation sites is 1. The van der Waals surface area contributed by atoms with Crippen molar-refractivity contribution in [2.45, 2.75) is 33.1 Å². The van der Waals surface area contributed by atoms with Gasteiger partial charge in [0.05, 0.1) is 0 Å². The average Bonchev–Trinajstić information content (AvgIpc) is 2.91. The smallest absolute Gasteiger partial charge is 0.226 e. The topological polar surface area (TPSA) is 84.2 Å². The Morgan fingerprint density at radius 2 is 1.82 bits per heavy atom. The standard InChI is InChI=1S/C16H19N3O3/c1-3-12-6-4-5-7-13(12)17-15(20)8-9-16(21)18-14-10-11(2)22-19-14/h4-7,10H,3,8-9H2,1-2H3,(H,17,20)(H,18,19,21). The first-order chi connectivity index (χ1) is 10.6. The van der Waals surface area contributed by atoms with Crippen LogP contribution in [-0.2, 0) is 16.0 Å². The number of anilines is 2. The minimum Gasteiger partial charge on any atom is -0.360 e. The molecule has 0 aliphatic heterocycles. The fraction of sp³-hybridized carbons (Fsp3) is 0.312. The molecular formula is C16H19N3O3. The highest BCUT2D eigenvalue weighted by molar-refractivity contribution is 5.96. The van der Waals surface area contributed by atoms with Gasteiger partial charge in [-0.2, -0.15) is 0 Å². The number of carbonyl (C=O) groups excluding carboxylic acids is 2. The molecular weight excluding hydrogens is 282 g/mol. The Morgan fingerprint density at radius 3 is 2.45 bits per heavy atom. The zero-order chi connectivity index (χ0) is 15.9. The van der Waals surface area contributed by atoms with E-state index in [1.165, 1.54) is 0 Å². The summed E-state index contributed by atoms with van der Waals surface area (Å²) in [7, 11) is 0. The second kappa shape index (κ2) is 7.40. The summed E-state index contributed by atoms with van der Waals surface area (Å²) < 4.78 is 4.85. The van der Waals surface area contributed by atoms with Crippen molar-refractivity contribution in [3.63, 3.8) is 0 Å². The number of nitrogens with one attached hydrogen (secondary N) is 2. The molecule has 2 N–H and O–H groups in total. The van der Waals surface area contributed by atoms with Gasteiger partial charge >= 0.3 is 0 Å². The Kier molecular flexibility index (Phi) is 5.30. The van der Waals surface area contributed by atoms with Gasteiger partial charge in [0.1, 0.15) is 5.76 Å². The van der Waals surface area contributed by atoms with Gasteiger partial charge in [-0.1, -0.05) is 30.3 Å². The van der Waals surface area contributed by atoms with E-state index in [0.717, 1.165) is 17.7 Å². The fourth-order valence-corrected chi connectivity index (χ4v) is 2.02. The molecule has 0 aliphatic rings. The first kappa shape index (κ1) is 15.8. The molecule has 2 amide bonds. The minimum absolute atomic E-state index is 0.0893. The van der Waals surface area contributed by atoms with Crippen molar-refractivity contribution in [3.05, 3.63) is 41.7 Å². The number of benzene rings is 1. The van der Waals surface area contributed by atoms with Crippen molar-refractivity contribution in [3.8, 4) is 0 Å². The second-order valence-electron chi connectivity index (χ2n) is 4.93. The summed E-state index contributed by atoms with van der Waals surface area (Å²) in [4.78, 5) is 23.6. The summed E-state index contributed by atoms with van der Waals surface area (Å²) in [6.07, 6.45) is 1.04. The molecule has 0 saturated carbocycles.